The molecule has 5 rings (SSSR count). The number of aliphatic hydroxyl groups is 1. The molecule has 0 radical (unpaired) electrons. The van der Waals surface area contributed by atoms with Crippen LogP contribution in [0.4, 0.5) is 22.0 Å². The molecule has 3 aromatic rings. The summed E-state index contributed by atoms with van der Waals surface area (Å²) in [4.78, 5) is 3.82. The summed E-state index contributed by atoms with van der Waals surface area (Å²) in [7, 11) is 0. The Morgan fingerprint density at radius 2 is 1.78 bits per heavy atom. The third kappa shape index (κ3) is 6.96. The van der Waals surface area contributed by atoms with Gasteiger partial charge in [0.25, 0.3) is 0 Å². The molecule has 0 saturated carbocycles. The number of hydrogen-bond acceptors (Lipinski definition) is 7. The Bertz CT molecular complexity index is 1810. The van der Waals surface area contributed by atoms with E-state index in [2.05, 4.69) is 32.4 Å². The van der Waals surface area contributed by atoms with Crippen molar-refractivity contribution in [1.29, 1.82) is 5.26 Å². The van der Waals surface area contributed by atoms with Crippen molar-refractivity contribution in [2.45, 2.75) is 43.6 Å². The Hall–Kier alpha value is -5.24. The van der Waals surface area contributed by atoms with E-state index >= 15 is 8.78 Å². The van der Waals surface area contributed by atoms with E-state index in [-0.39, 0.29) is 24.2 Å². The number of allylic oxidation sites excluding steroid dienone is 6. The zero-order valence-electron chi connectivity index (χ0n) is 23.3. The maximum absolute atomic E-state index is 16.0. The van der Waals surface area contributed by atoms with E-state index in [1.54, 1.807) is 30.3 Å². The Labute approximate surface area is 254 Å². The first kappa shape index (κ1) is 31.2. The Kier molecular flexibility index (Phi) is 9.13. The van der Waals surface area contributed by atoms with Crippen LogP contribution in [0.2, 0.25) is 0 Å². The fraction of sp³-hybridized carbons (Fsp3) is 0.219. The van der Waals surface area contributed by atoms with Crippen LogP contribution in [0.1, 0.15) is 35.2 Å². The van der Waals surface area contributed by atoms with Crippen LogP contribution in [-0.4, -0.2) is 42.0 Å². The molecule has 2 atom stereocenters. The number of alkyl halides is 2. The summed E-state index contributed by atoms with van der Waals surface area (Å²) in [6.45, 7) is -0.732. The molecule has 0 bridgehead atoms. The highest BCUT2D eigenvalue weighted by atomic mass is 19.3. The fourth-order valence-electron chi connectivity index (χ4n) is 4.59. The Morgan fingerprint density at radius 1 is 1.02 bits per heavy atom. The van der Waals surface area contributed by atoms with Crippen LogP contribution in [-0.2, 0) is 23.8 Å². The number of ether oxygens (including phenoxy) is 1. The molecule has 2 aliphatic carbocycles. The maximum Gasteiger partial charge on any atom is 0.323 e. The van der Waals surface area contributed by atoms with Crippen molar-refractivity contribution in [3.05, 3.63) is 130 Å². The van der Waals surface area contributed by atoms with E-state index in [0.717, 1.165) is 47.1 Å². The van der Waals surface area contributed by atoms with Crippen molar-refractivity contribution in [3.8, 4) is 17.9 Å². The molecule has 8 nitrogen and oxygen atoms in total. The summed E-state index contributed by atoms with van der Waals surface area (Å²) in [5.74, 6) is -1.01. The maximum atomic E-state index is 16.0. The normalized spacial score (nSPS) is 18.1. The van der Waals surface area contributed by atoms with Crippen LogP contribution < -0.4 is 0 Å². The molecule has 2 aliphatic rings. The van der Waals surface area contributed by atoms with Crippen molar-refractivity contribution in [2.75, 3.05) is 0 Å². The number of hydrogen-bond donors (Lipinski definition) is 1. The molecule has 13 heteroatoms. The highest BCUT2D eigenvalue weighted by molar-refractivity contribution is 5.45. The lowest BCUT2D eigenvalue weighted by Gasteiger charge is -2.36. The summed E-state index contributed by atoms with van der Waals surface area (Å²) in [5.41, 5.74) is -3.20. The number of aromatic nitrogens is 5. The number of benzene rings is 1. The first-order chi connectivity index (χ1) is 21.6. The van der Waals surface area contributed by atoms with Gasteiger partial charge in [-0.2, -0.15) is 14.0 Å². The molecular weight excluding hydrogens is 595 g/mol. The molecule has 0 saturated heterocycles. The van der Waals surface area contributed by atoms with E-state index < -0.39 is 59.3 Å². The third-order valence-corrected chi connectivity index (χ3v) is 7.07. The molecule has 1 N–H and O–H groups in total. The minimum atomic E-state index is -4.19. The van der Waals surface area contributed by atoms with Gasteiger partial charge in [0.1, 0.15) is 29.5 Å². The topological polar surface area (TPSA) is 110 Å². The zero-order chi connectivity index (χ0) is 32.0. The second kappa shape index (κ2) is 13.2. The van der Waals surface area contributed by atoms with Gasteiger partial charge in [-0.3, -0.25) is 4.98 Å². The smallest absolute Gasteiger partial charge is 0.323 e. The molecule has 2 aromatic heterocycles. The second-order valence-corrected chi connectivity index (χ2v) is 10.1. The van der Waals surface area contributed by atoms with Gasteiger partial charge < -0.3 is 9.84 Å². The average molecular weight is 619 g/mol. The van der Waals surface area contributed by atoms with Gasteiger partial charge in [-0.05, 0) is 58.5 Å². The van der Waals surface area contributed by atoms with E-state index in [1.165, 1.54) is 12.1 Å². The van der Waals surface area contributed by atoms with Crippen molar-refractivity contribution >= 4 is 0 Å². The van der Waals surface area contributed by atoms with Gasteiger partial charge in [0.05, 0.1) is 30.9 Å². The zero-order valence-corrected chi connectivity index (χ0v) is 23.3. The summed E-state index contributed by atoms with van der Waals surface area (Å²) in [6, 6.07) is 11.1. The van der Waals surface area contributed by atoms with Crippen molar-refractivity contribution in [1.82, 2.24) is 25.2 Å². The third-order valence-electron chi connectivity index (χ3n) is 7.07. The minimum Gasteiger partial charge on any atom is -0.377 e. The van der Waals surface area contributed by atoms with Gasteiger partial charge in [-0.1, -0.05) is 36.1 Å². The fourth-order valence-corrected chi connectivity index (χ4v) is 4.59. The molecular formula is C32H23F5N6O2. The highest BCUT2D eigenvalue weighted by Crippen LogP contribution is 2.46. The quantitative estimate of drug-likeness (QED) is 0.258. The lowest BCUT2D eigenvalue weighted by Crippen LogP contribution is -2.51. The van der Waals surface area contributed by atoms with Crippen LogP contribution in [0.25, 0.3) is 0 Å². The van der Waals surface area contributed by atoms with Gasteiger partial charge in [0.15, 0.2) is 5.60 Å². The molecule has 0 spiro atoms. The Balaban J connectivity index is 1.30. The molecule has 2 unspecified atom stereocenters. The number of halogens is 5. The largest absolute Gasteiger partial charge is 0.377 e. The predicted octanol–water partition coefficient (Wildman–Crippen LogP) is 5.62. The van der Waals surface area contributed by atoms with E-state index in [0.29, 0.717) is 5.56 Å². The SMILES string of the molecule is N#CC1=C(F)C=CC(OCc2ccc(C#Cc3ccc(C(F)(F)C(O)(Cn4cnnn4)C4=C(F)CC=C(F)C=C4)nc3)cc2)C1. The molecule has 0 aliphatic heterocycles. The van der Waals surface area contributed by atoms with Crippen LogP contribution in [0.15, 0.2) is 108 Å². The molecule has 0 amide bonds. The monoisotopic (exact) mass is 618 g/mol. The molecule has 2 heterocycles. The summed E-state index contributed by atoms with van der Waals surface area (Å²) < 4.78 is 80.9. The summed E-state index contributed by atoms with van der Waals surface area (Å²) in [5, 5.41) is 30.6. The van der Waals surface area contributed by atoms with Crippen molar-refractivity contribution in [2.24, 2.45) is 0 Å². The average Bonchev–Trinajstić information content (AvgIpc) is 3.49. The van der Waals surface area contributed by atoms with Crippen LogP contribution >= 0.6 is 0 Å². The number of tetrazole rings is 1. The van der Waals surface area contributed by atoms with Gasteiger partial charge in [0, 0.05) is 35.7 Å². The van der Waals surface area contributed by atoms with Crippen LogP contribution in [0.3, 0.4) is 0 Å². The number of nitrogens with zero attached hydrogens (tertiary/aromatic N) is 6. The van der Waals surface area contributed by atoms with Crippen molar-refractivity contribution in [3.63, 3.8) is 0 Å². The predicted molar refractivity (Wildman–Crippen MR) is 150 cm³/mol. The molecule has 0 fully saturated rings. The van der Waals surface area contributed by atoms with Crippen molar-refractivity contribution < 1.29 is 31.8 Å². The number of rotatable bonds is 8. The van der Waals surface area contributed by atoms with Gasteiger partial charge in [0.2, 0.25) is 0 Å². The van der Waals surface area contributed by atoms with Gasteiger partial charge >= 0.3 is 5.92 Å². The number of pyridine rings is 1. The highest BCUT2D eigenvalue weighted by Gasteiger charge is 2.58. The van der Waals surface area contributed by atoms with Gasteiger partial charge in [-0.25, -0.2) is 17.9 Å². The van der Waals surface area contributed by atoms with E-state index in [9.17, 15) is 18.3 Å². The summed E-state index contributed by atoms with van der Waals surface area (Å²) in [6.07, 6.45) is 6.35. The minimum absolute atomic E-state index is 0.0386. The lowest BCUT2D eigenvalue weighted by molar-refractivity contribution is -0.177. The molecule has 45 heavy (non-hydrogen) atoms. The number of nitriles is 1. The molecule has 228 valence electrons. The first-order valence-corrected chi connectivity index (χ1v) is 13.5. The van der Waals surface area contributed by atoms with Crippen LogP contribution in [0, 0.1) is 23.2 Å². The van der Waals surface area contributed by atoms with Crippen LogP contribution in [0.5, 0.6) is 0 Å². The molecule has 1 aromatic carbocycles. The summed E-state index contributed by atoms with van der Waals surface area (Å²) >= 11 is 0. The van der Waals surface area contributed by atoms with E-state index in [1.807, 2.05) is 6.07 Å². The first-order valence-electron chi connectivity index (χ1n) is 13.5. The van der Waals surface area contributed by atoms with E-state index in [4.69, 9.17) is 10.00 Å². The lowest BCUT2D eigenvalue weighted by atomic mass is 9.83. The second-order valence-electron chi connectivity index (χ2n) is 10.1. The standard InChI is InChI=1S/C32H23F5N6O2/c33-25-8-11-27(29(35)12-9-25)31(44,19-43-20-40-41-42-43)32(36,37)30-14-7-22(17-39-30)4-1-21-2-5-23(6-3-21)18-45-26-10-13-28(34)24(15-26)16-38/h2-3,5-11,13-14,17,20,26,44H,12,15,18-19H2. The Morgan fingerprint density at radius 3 is 2.47 bits per heavy atom. The van der Waals surface area contributed by atoms with Gasteiger partial charge in [-0.15, -0.1) is 5.10 Å².